The second-order valence-electron chi connectivity index (χ2n) is 6.81. The molecule has 2 aromatic carbocycles. The number of carbonyl (C=O) groups is 2. The Bertz CT molecular complexity index is 919. The lowest BCUT2D eigenvalue weighted by Gasteiger charge is -2.17. The highest BCUT2D eigenvalue weighted by Crippen LogP contribution is 2.34. The fourth-order valence-corrected chi connectivity index (χ4v) is 3.69. The third kappa shape index (κ3) is 5.10. The summed E-state index contributed by atoms with van der Waals surface area (Å²) in [6.45, 7) is 6.13. The molecule has 0 saturated carbocycles. The molecule has 1 amide bonds. The summed E-state index contributed by atoms with van der Waals surface area (Å²) in [6.07, 6.45) is 1.84. The molecule has 3 rings (SSSR count). The van der Waals surface area contributed by atoms with Crippen molar-refractivity contribution < 1.29 is 14.3 Å². The van der Waals surface area contributed by atoms with Gasteiger partial charge in [-0.25, -0.2) is 4.99 Å². The predicted molar refractivity (Wildman–Crippen MR) is 113 cm³/mol. The maximum atomic E-state index is 12.9. The lowest BCUT2D eigenvalue weighted by molar-refractivity contribution is -0.131. The van der Waals surface area contributed by atoms with Gasteiger partial charge in [-0.05, 0) is 53.6 Å². The number of ether oxygens (including phenoxy) is 1. The Labute approximate surface area is 169 Å². The zero-order valence-electron chi connectivity index (χ0n) is 16.1. The van der Waals surface area contributed by atoms with Crippen LogP contribution in [0.4, 0.5) is 5.69 Å². The highest BCUT2D eigenvalue weighted by atomic mass is 32.2. The minimum absolute atomic E-state index is 0.0440. The third-order valence-corrected chi connectivity index (χ3v) is 4.86. The van der Waals surface area contributed by atoms with Gasteiger partial charge in [0.15, 0.2) is 5.17 Å². The van der Waals surface area contributed by atoms with Crippen molar-refractivity contribution in [2.45, 2.75) is 20.8 Å². The van der Waals surface area contributed by atoms with Crippen molar-refractivity contribution in [1.82, 2.24) is 4.90 Å². The van der Waals surface area contributed by atoms with E-state index in [-0.39, 0.29) is 11.9 Å². The molecule has 5 nitrogen and oxygen atoms in total. The third-order valence-electron chi connectivity index (χ3n) is 3.86. The number of amides is 1. The van der Waals surface area contributed by atoms with Gasteiger partial charge in [-0.2, -0.15) is 0 Å². The fourth-order valence-electron chi connectivity index (χ4n) is 2.68. The number of esters is 1. The molecule has 0 bridgehead atoms. The van der Waals surface area contributed by atoms with E-state index in [1.54, 1.807) is 17.0 Å². The van der Waals surface area contributed by atoms with E-state index >= 15 is 0 Å². The molecule has 6 heteroatoms. The normalized spacial score (nSPS) is 17.0. The first-order valence-corrected chi connectivity index (χ1v) is 9.87. The Morgan fingerprint density at radius 2 is 1.82 bits per heavy atom. The molecule has 2 aromatic rings. The van der Waals surface area contributed by atoms with Gasteiger partial charge in [0.1, 0.15) is 5.75 Å². The maximum absolute atomic E-state index is 12.9. The number of hydrogen-bond acceptors (Lipinski definition) is 5. The number of rotatable bonds is 5. The van der Waals surface area contributed by atoms with E-state index in [1.807, 2.05) is 48.5 Å². The van der Waals surface area contributed by atoms with Crippen LogP contribution >= 0.6 is 11.8 Å². The Hall–Kier alpha value is -2.86. The van der Waals surface area contributed by atoms with Crippen LogP contribution in [-0.4, -0.2) is 28.5 Å². The van der Waals surface area contributed by atoms with Gasteiger partial charge < -0.3 is 4.74 Å². The number of para-hydroxylation sites is 1. The maximum Gasteiger partial charge on any atom is 0.308 e. The minimum atomic E-state index is -0.362. The summed E-state index contributed by atoms with van der Waals surface area (Å²) in [5, 5.41) is 0.688. The van der Waals surface area contributed by atoms with E-state index < -0.39 is 0 Å². The number of aliphatic imine (C=N–C) groups is 1. The first kappa shape index (κ1) is 19.9. The van der Waals surface area contributed by atoms with Crippen LogP contribution < -0.4 is 4.74 Å². The summed E-state index contributed by atoms with van der Waals surface area (Å²) >= 11 is 1.38. The molecule has 144 valence electrons. The largest absolute Gasteiger partial charge is 0.427 e. The molecule has 1 fully saturated rings. The van der Waals surface area contributed by atoms with Crippen molar-refractivity contribution in [3.05, 3.63) is 65.1 Å². The second-order valence-corrected chi connectivity index (χ2v) is 7.82. The van der Waals surface area contributed by atoms with Crippen LogP contribution in [0.25, 0.3) is 6.08 Å². The number of benzene rings is 2. The highest BCUT2D eigenvalue weighted by molar-refractivity contribution is 8.18. The smallest absolute Gasteiger partial charge is 0.308 e. The van der Waals surface area contributed by atoms with E-state index in [4.69, 9.17) is 4.74 Å². The summed E-state index contributed by atoms with van der Waals surface area (Å²) in [5.74, 6) is 0.400. The number of hydrogen-bond donors (Lipinski definition) is 0. The topological polar surface area (TPSA) is 59.0 Å². The zero-order chi connectivity index (χ0) is 20.1. The Morgan fingerprint density at radius 1 is 1.14 bits per heavy atom. The first-order valence-electron chi connectivity index (χ1n) is 9.06. The van der Waals surface area contributed by atoms with Gasteiger partial charge in [-0.3, -0.25) is 14.5 Å². The molecule has 0 unspecified atom stereocenters. The standard InChI is InChI=1S/C22H22N2O3S/c1-15(2)14-24-21(26)20(28-22(24)23-18-7-5-4-6-8-18)13-17-9-11-19(12-10-17)27-16(3)25/h4-13,15H,14H2,1-3H3/b20-13-,23-22?. The molecular weight excluding hydrogens is 372 g/mol. The molecule has 1 aliphatic rings. The van der Waals surface area contributed by atoms with E-state index in [0.717, 1.165) is 11.3 Å². The molecule has 1 aliphatic heterocycles. The van der Waals surface area contributed by atoms with Crippen LogP contribution in [0.5, 0.6) is 5.75 Å². The van der Waals surface area contributed by atoms with E-state index in [1.165, 1.54) is 18.7 Å². The van der Waals surface area contributed by atoms with Crippen LogP contribution in [0.2, 0.25) is 0 Å². The number of amidine groups is 1. The lowest BCUT2D eigenvalue weighted by atomic mass is 10.2. The fraction of sp³-hybridized carbons (Fsp3) is 0.227. The van der Waals surface area contributed by atoms with Crippen LogP contribution in [0.1, 0.15) is 26.3 Å². The zero-order valence-corrected chi connectivity index (χ0v) is 16.9. The lowest BCUT2D eigenvalue weighted by Crippen LogP contribution is -2.32. The first-order chi connectivity index (χ1) is 13.4. The molecule has 0 atom stereocenters. The monoisotopic (exact) mass is 394 g/mol. The number of thioether (sulfide) groups is 1. The molecule has 1 heterocycles. The van der Waals surface area contributed by atoms with Crippen LogP contribution in [0.15, 0.2) is 64.5 Å². The van der Waals surface area contributed by atoms with Crippen LogP contribution in [-0.2, 0) is 9.59 Å². The van der Waals surface area contributed by atoms with E-state index in [2.05, 4.69) is 18.8 Å². The van der Waals surface area contributed by atoms with Crippen LogP contribution in [0.3, 0.4) is 0 Å². The molecule has 0 aliphatic carbocycles. The molecule has 28 heavy (non-hydrogen) atoms. The minimum Gasteiger partial charge on any atom is -0.427 e. The van der Waals surface area contributed by atoms with Crippen molar-refractivity contribution >= 4 is 40.6 Å². The summed E-state index contributed by atoms with van der Waals surface area (Å²) in [6, 6.07) is 16.7. The second kappa shape index (κ2) is 8.89. The average molecular weight is 394 g/mol. The van der Waals surface area contributed by atoms with Gasteiger partial charge in [0.25, 0.3) is 5.91 Å². The Balaban J connectivity index is 1.87. The molecule has 0 N–H and O–H groups in total. The summed E-state index contributed by atoms with van der Waals surface area (Å²) in [5.41, 5.74) is 1.68. The van der Waals surface area contributed by atoms with E-state index in [0.29, 0.717) is 28.3 Å². The van der Waals surface area contributed by atoms with Crippen molar-refractivity contribution in [3.63, 3.8) is 0 Å². The molecule has 0 radical (unpaired) electrons. The van der Waals surface area contributed by atoms with Gasteiger partial charge in [-0.1, -0.05) is 44.2 Å². The average Bonchev–Trinajstić information content (AvgIpc) is 2.92. The van der Waals surface area contributed by atoms with Crippen molar-refractivity contribution in [2.75, 3.05) is 6.54 Å². The van der Waals surface area contributed by atoms with E-state index in [9.17, 15) is 9.59 Å². The summed E-state index contributed by atoms with van der Waals surface area (Å²) < 4.78 is 5.05. The van der Waals surface area contributed by atoms with Gasteiger partial charge >= 0.3 is 5.97 Å². The Kier molecular flexibility index (Phi) is 6.31. The van der Waals surface area contributed by atoms with Gasteiger partial charge in [0, 0.05) is 13.5 Å². The molecule has 0 aromatic heterocycles. The Morgan fingerprint density at radius 3 is 2.43 bits per heavy atom. The SMILES string of the molecule is CC(=O)Oc1ccc(/C=C2\SC(=Nc3ccccc3)N(CC(C)C)C2=O)cc1. The molecule has 1 saturated heterocycles. The predicted octanol–water partition coefficient (Wildman–Crippen LogP) is 4.87. The number of nitrogens with zero attached hydrogens (tertiary/aromatic N) is 2. The van der Waals surface area contributed by atoms with Crippen molar-refractivity contribution in [2.24, 2.45) is 10.9 Å². The summed E-state index contributed by atoms with van der Waals surface area (Å²) in [4.78, 5) is 31.0. The highest BCUT2D eigenvalue weighted by Gasteiger charge is 2.33. The van der Waals surface area contributed by atoms with Crippen molar-refractivity contribution in [3.8, 4) is 5.75 Å². The van der Waals surface area contributed by atoms with Gasteiger partial charge in [0.05, 0.1) is 10.6 Å². The molecule has 0 spiro atoms. The van der Waals surface area contributed by atoms with Crippen molar-refractivity contribution in [1.29, 1.82) is 0 Å². The van der Waals surface area contributed by atoms with Crippen LogP contribution in [0, 0.1) is 5.92 Å². The van der Waals surface area contributed by atoms with Gasteiger partial charge in [0.2, 0.25) is 0 Å². The van der Waals surface area contributed by atoms with Gasteiger partial charge in [-0.15, -0.1) is 0 Å². The number of carbonyl (C=O) groups excluding carboxylic acids is 2. The molecular formula is C22H22N2O3S. The summed E-state index contributed by atoms with van der Waals surface area (Å²) in [7, 11) is 0. The quantitative estimate of drug-likeness (QED) is 0.412.